The number of imidazole rings is 1. The lowest BCUT2D eigenvalue weighted by atomic mass is 9.80. The zero-order valence-corrected chi connectivity index (χ0v) is 8.18. The van der Waals surface area contributed by atoms with Crippen LogP contribution < -0.4 is 5.46 Å². The Labute approximate surface area is 86.1 Å². The summed E-state index contributed by atoms with van der Waals surface area (Å²) < 4.78 is 15.2. The third kappa shape index (κ3) is 1.62. The van der Waals surface area contributed by atoms with Crippen LogP contribution in [0.4, 0.5) is 4.39 Å². The van der Waals surface area contributed by atoms with E-state index in [1.54, 1.807) is 10.9 Å². The Morgan fingerprint density at radius 2 is 2.20 bits per heavy atom. The van der Waals surface area contributed by atoms with Crippen molar-refractivity contribution >= 4 is 23.6 Å². The van der Waals surface area contributed by atoms with Gasteiger partial charge in [-0.2, -0.15) is 0 Å². The van der Waals surface area contributed by atoms with Crippen molar-refractivity contribution in [3.05, 3.63) is 24.3 Å². The van der Waals surface area contributed by atoms with E-state index < -0.39 is 12.9 Å². The minimum absolute atomic E-state index is 0.149. The van der Waals surface area contributed by atoms with E-state index in [4.69, 9.17) is 10.0 Å². The van der Waals surface area contributed by atoms with Crippen molar-refractivity contribution < 1.29 is 14.4 Å². The minimum Gasteiger partial charge on any atom is -0.423 e. The number of hydrogen-bond acceptors (Lipinski definition) is 3. The van der Waals surface area contributed by atoms with Crippen LogP contribution in [-0.4, -0.2) is 26.7 Å². The Morgan fingerprint density at radius 3 is 2.80 bits per heavy atom. The predicted octanol–water partition coefficient (Wildman–Crippen LogP) is -0.125. The Kier molecular flexibility index (Phi) is 2.46. The van der Waals surface area contributed by atoms with E-state index in [0.717, 1.165) is 0 Å². The predicted molar refractivity (Wildman–Crippen MR) is 55.2 cm³/mol. The summed E-state index contributed by atoms with van der Waals surface area (Å²) in [5.41, 5.74) is 1.06. The van der Waals surface area contributed by atoms with Crippen LogP contribution in [0.5, 0.6) is 0 Å². The SMILES string of the molecule is CCn1cnc2cc(B(O)O)c(F)cc21. The Morgan fingerprint density at radius 1 is 1.47 bits per heavy atom. The summed E-state index contributed by atoms with van der Waals surface area (Å²) in [6.45, 7) is 2.62. The van der Waals surface area contributed by atoms with Gasteiger partial charge in [0.05, 0.1) is 17.4 Å². The van der Waals surface area contributed by atoms with E-state index in [1.165, 1.54) is 12.1 Å². The molecule has 0 unspecified atom stereocenters. The van der Waals surface area contributed by atoms with Gasteiger partial charge in [-0.3, -0.25) is 0 Å². The van der Waals surface area contributed by atoms with Gasteiger partial charge in [0.25, 0.3) is 0 Å². The molecular formula is C9H10BFN2O2. The Hall–Kier alpha value is -1.40. The average Bonchev–Trinajstić information content (AvgIpc) is 2.58. The van der Waals surface area contributed by atoms with Crippen LogP contribution >= 0.6 is 0 Å². The number of fused-ring (bicyclic) bond motifs is 1. The summed E-state index contributed by atoms with van der Waals surface area (Å²) in [5, 5.41) is 17.8. The monoisotopic (exact) mass is 208 g/mol. The first kappa shape index (κ1) is 10.1. The Balaban J connectivity index is 2.67. The zero-order valence-electron chi connectivity index (χ0n) is 8.18. The summed E-state index contributed by atoms with van der Waals surface area (Å²) in [5.74, 6) is -0.632. The maximum atomic E-state index is 13.4. The summed E-state index contributed by atoms with van der Waals surface area (Å²) in [4.78, 5) is 4.05. The molecule has 0 bridgehead atoms. The van der Waals surface area contributed by atoms with Gasteiger partial charge < -0.3 is 14.6 Å². The lowest BCUT2D eigenvalue weighted by Crippen LogP contribution is -2.32. The standard InChI is InChI=1S/C9H10BFN2O2/c1-2-13-5-12-8-3-6(10(14)15)7(11)4-9(8)13/h3-5,14-15H,2H2,1H3. The molecule has 15 heavy (non-hydrogen) atoms. The highest BCUT2D eigenvalue weighted by Crippen LogP contribution is 2.13. The van der Waals surface area contributed by atoms with Crippen molar-refractivity contribution in [2.75, 3.05) is 0 Å². The third-order valence-corrected chi connectivity index (χ3v) is 2.36. The summed E-state index contributed by atoms with van der Waals surface area (Å²) in [6, 6.07) is 2.61. The molecule has 0 amide bonds. The number of rotatable bonds is 2. The maximum absolute atomic E-state index is 13.4. The normalized spacial score (nSPS) is 10.9. The largest absolute Gasteiger partial charge is 0.491 e. The maximum Gasteiger partial charge on any atom is 0.491 e. The second-order valence-electron chi connectivity index (χ2n) is 3.27. The van der Waals surface area contributed by atoms with Gasteiger partial charge in [0.15, 0.2) is 0 Å². The molecular weight excluding hydrogens is 198 g/mol. The van der Waals surface area contributed by atoms with Crippen molar-refractivity contribution in [1.82, 2.24) is 9.55 Å². The van der Waals surface area contributed by atoms with Crippen molar-refractivity contribution in [3.8, 4) is 0 Å². The van der Waals surface area contributed by atoms with Gasteiger partial charge in [0.2, 0.25) is 0 Å². The number of halogens is 1. The molecule has 4 nitrogen and oxygen atoms in total. The third-order valence-electron chi connectivity index (χ3n) is 2.36. The van der Waals surface area contributed by atoms with Crippen LogP contribution in [0.25, 0.3) is 11.0 Å². The van der Waals surface area contributed by atoms with Crippen LogP contribution in [-0.2, 0) is 6.54 Å². The second-order valence-corrected chi connectivity index (χ2v) is 3.27. The first-order valence-electron chi connectivity index (χ1n) is 4.64. The molecule has 0 aliphatic carbocycles. The molecule has 1 aromatic carbocycles. The van der Waals surface area contributed by atoms with E-state index in [9.17, 15) is 4.39 Å². The molecule has 0 atom stereocenters. The van der Waals surface area contributed by atoms with Crippen molar-refractivity contribution in [1.29, 1.82) is 0 Å². The summed E-state index contributed by atoms with van der Waals surface area (Å²) in [6.07, 6.45) is 1.59. The fourth-order valence-corrected chi connectivity index (χ4v) is 1.54. The molecule has 0 saturated heterocycles. The smallest absolute Gasteiger partial charge is 0.423 e. The van der Waals surface area contributed by atoms with Crippen LogP contribution in [0.3, 0.4) is 0 Å². The quantitative estimate of drug-likeness (QED) is 0.676. The summed E-state index contributed by atoms with van der Waals surface area (Å²) >= 11 is 0. The number of benzene rings is 1. The van der Waals surface area contributed by atoms with Gasteiger partial charge >= 0.3 is 7.12 Å². The minimum atomic E-state index is -1.80. The van der Waals surface area contributed by atoms with Crippen LogP contribution in [0.2, 0.25) is 0 Å². The van der Waals surface area contributed by atoms with Gasteiger partial charge in [-0.15, -0.1) is 0 Å². The summed E-state index contributed by atoms with van der Waals surface area (Å²) in [7, 11) is -1.80. The zero-order chi connectivity index (χ0) is 11.0. The molecule has 1 aromatic heterocycles. The van der Waals surface area contributed by atoms with Crippen LogP contribution in [0, 0.1) is 5.82 Å². The van der Waals surface area contributed by atoms with E-state index in [-0.39, 0.29) is 5.46 Å². The molecule has 0 saturated carbocycles. The molecule has 6 heteroatoms. The molecule has 0 aliphatic rings. The molecule has 2 rings (SSSR count). The number of aryl methyl sites for hydroxylation is 1. The van der Waals surface area contributed by atoms with Crippen molar-refractivity contribution in [2.24, 2.45) is 0 Å². The second kappa shape index (κ2) is 3.64. The number of aromatic nitrogens is 2. The lowest BCUT2D eigenvalue weighted by Gasteiger charge is -2.03. The highest BCUT2D eigenvalue weighted by atomic mass is 19.1. The van der Waals surface area contributed by atoms with Gasteiger partial charge in [-0.05, 0) is 19.1 Å². The van der Waals surface area contributed by atoms with Gasteiger partial charge in [-0.25, -0.2) is 9.37 Å². The van der Waals surface area contributed by atoms with Crippen LogP contribution in [0.1, 0.15) is 6.92 Å². The highest BCUT2D eigenvalue weighted by molar-refractivity contribution is 6.59. The highest BCUT2D eigenvalue weighted by Gasteiger charge is 2.18. The Bertz CT molecular complexity index is 498. The van der Waals surface area contributed by atoms with E-state index in [0.29, 0.717) is 17.6 Å². The topological polar surface area (TPSA) is 58.3 Å². The van der Waals surface area contributed by atoms with Crippen LogP contribution in [0.15, 0.2) is 18.5 Å². The van der Waals surface area contributed by atoms with E-state index >= 15 is 0 Å². The molecule has 0 aliphatic heterocycles. The van der Waals surface area contributed by atoms with E-state index in [2.05, 4.69) is 4.98 Å². The molecule has 1 heterocycles. The fraction of sp³-hybridized carbons (Fsp3) is 0.222. The molecule has 0 spiro atoms. The lowest BCUT2D eigenvalue weighted by molar-refractivity contribution is 0.423. The van der Waals surface area contributed by atoms with Gasteiger partial charge in [-0.1, -0.05) is 0 Å². The number of nitrogens with zero attached hydrogens (tertiary/aromatic N) is 2. The average molecular weight is 208 g/mol. The molecule has 78 valence electrons. The molecule has 0 radical (unpaired) electrons. The molecule has 2 N–H and O–H groups in total. The number of hydrogen-bond donors (Lipinski definition) is 2. The van der Waals surface area contributed by atoms with Crippen molar-refractivity contribution in [3.63, 3.8) is 0 Å². The first-order chi connectivity index (χ1) is 7.13. The van der Waals surface area contributed by atoms with E-state index in [1.807, 2.05) is 6.92 Å². The van der Waals surface area contributed by atoms with Gasteiger partial charge in [0.1, 0.15) is 5.82 Å². The van der Waals surface area contributed by atoms with Gasteiger partial charge in [0, 0.05) is 12.0 Å². The van der Waals surface area contributed by atoms with Crippen molar-refractivity contribution in [2.45, 2.75) is 13.5 Å². The molecule has 2 aromatic rings. The first-order valence-corrected chi connectivity index (χ1v) is 4.64. The fourth-order valence-electron chi connectivity index (χ4n) is 1.54. The molecule has 0 fully saturated rings.